The Morgan fingerprint density at radius 3 is 2.75 bits per heavy atom. The van der Waals surface area contributed by atoms with Gasteiger partial charge in [-0.25, -0.2) is 9.78 Å². The van der Waals surface area contributed by atoms with E-state index < -0.39 is 11.7 Å². The van der Waals surface area contributed by atoms with Gasteiger partial charge in [0, 0.05) is 16.2 Å². The summed E-state index contributed by atoms with van der Waals surface area (Å²) in [6, 6.07) is 5.72. The van der Waals surface area contributed by atoms with Crippen molar-refractivity contribution in [1.82, 2.24) is 19.7 Å². The largest absolute Gasteiger partial charge is 0.442 e. The maximum atomic E-state index is 12.2. The first-order valence-corrected chi connectivity index (χ1v) is 8.25. The minimum absolute atomic E-state index is 0.520. The zero-order valence-corrected chi connectivity index (χ0v) is 15.5. The van der Waals surface area contributed by atoms with E-state index in [1.54, 1.807) is 12.4 Å². The van der Waals surface area contributed by atoms with Crippen molar-refractivity contribution in [2.24, 2.45) is 0 Å². The SMILES string of the molecule is Cc1nn(C(=O)OC(C)(C)C)cc1-c1cnc2c(Br)cccc2n1. The normalized spacial score (nSPS) is 11.7. The fourth-order valence-electron chi connectivity index (χ4n) is 2.25. The molecule has 0 unspecified atom stereocenters. The molecule has 0 fully saturated rings. The highest BCUT2D eigenvalue weighted by molar-refractivity contribution is 9.10. The quantitative estimate of drug-likeness (QED) is 0.619. The molecule has 0 spiro atoms. The summed E-state index contributed by atoms with van der Waals surface area (Å²) in [5.41, 5.74) is 3.07. The molecular formula is C17H17BrN4O2. The van der Waals surface area contributed by atoms with Crippen LogP contribution in [-0.2, 0) is 4.74 Å². The Bertz CT molecular complexity index is 928. The average Bonchev–Trinajstić information content (AvgIpc) is 2.87. The lowest BCUT2D eigenvalue weighted by molar-refractivity contribution is 0.0514. The third kappa shape index (κ3) is 3.31. The van der Waals surface area contributed by atoms with Gasteiger partial charge in [0.05, 0.1) is 23.1 Å². The van der Waals surface area contributed by atoms with Crippen LogP contribution < -0.4 is 0 Å². The van der Waals surface area contributed by atoms with Crippen molar-refractivity contribution < 1.29 is 9.53 Å². The van der Waals surface area contributed by atoms with Gasteiger partial charge < -0.3 is 4.74 Å². The van der Waals surface area contributed by atoms with Crippen molar-refractivity contribution >= 4 is 33.1 Å². The topological polar surface area (TPSA) is 69.9 Å². The molecule has 3 rings (SSSR count). The molecule has 2 heterocycles. The van der Waals surface area contributed by atoms with Gasteiger partial charge in [-0.05, 0) is 55.8 Å². The molecule has 0 aliphatic heterocycles. The van der Waals surface area contributed by atoms with Gasteiger partial charge in [0.1, 0.15) is 11.1 Å². The molecule has 0 aliphatic carbocycles. The lowest BCUT2D eigenvalue weighted by Crippen LogP contribution is -2.27. The smallest absolute Gasteiger partial charge is 0.435 e. The van der Waals surface area contributed by atoms with Gasteiger partial charge in [-0.3, -0.25) is 4.98 Å². The highest BCUT2D eigenvalue weighted by atomic mass is 79.9. The predicted molar refractivity (Wildman–Crippen MR) is 94.8 cm³/mol. The van der Waals surface area contributed by atoms with E-state index in [2.05, 4.69) is 31.0 Å². The second-order valence-corrected chi connectivity index (χ2v) is 7.27. The van der Waals surface area contributed by atoms with E-state index in [1.807, 2.05) is 45.9 Å². The number of ether oxygens (including phenoxy) is 1. The first-order valence-electron chi connectivity index (χ1n) is 7.46. The molecule has 0 aliphatic rings. The molecule has 0 radical (unpaired) electrons. The number of halogens is 1. The summed E-state index contributed by atoms with van der Waals surface area (Å²) in [6.07, 6.45) is 2.78. The number of aromatic nitrogens is 4. The van der Waals surface area contributed by atoms with Crippen LogP contribution in [0.5, 0.6) is 0 Å². The molecule has 0 saturated heterocycles. The molecule has 0 N–H and O–H groups in total. The average molecular weight is 389 g/mol. The van der Waals surface area contributed by atoms with Crippen LogP contribution in [0.3, 0.4) is 0 Å². The van der Waals surface area contributed by atoms with Crippen LogP contribution in [0.4, 0.5) is 4.79 Å². The summed E-state index contributed by atoms with van der Waals surface area (Å²) >= 11 is 3.46. The number of rotatable bonds is 1. The Kier molecular flexibility index (Phi) is 4.13. The van der Waals surface area contributed by atoms with Gasteiger partial charge in [-0.15, -0.1) is 0 Å². The Hall–Kier alpha value is -2.28. The highest BCUT2D eigenvalue weighted by Crippen LogP contribution is 2.25. The fraction of sp³-hybridized carbons (Fsp3) is 0.294. The number of carbonyl (C=O) groups excluding carboxylic acids is 1. The number of nitrogens with zero attached hydrogens (tertiary/aromatic N) is 4. The maximum absolute atomic E-state index is 12.2. The van der Waals surface area contributed by atoms with Gasteiger partial charge in [-0.2, -0.15) is 9.78 Å². The van der Waals surface area contributed by atoms with Crippen molar-refractivity contribution in [2.75, 3.05) is 0 Å². The first kappa shape index (κ1) is 16.6. The fourth-order valence-corrected chi connectivity index (χ4v) is 2.71. The number of benzene rings is 1. The predicted octanol–water partition coefficient (Wildman–Crippen LogP) is 4.35. The zero-order valence-electron chi connectivity index (χ0n) is 13.9. The minimum Gasteiger partial charge on any atom is -0.442 e. The van der Waals surface area contributed by atoms with Crippen molar-refractivity contribution in [1.29, 1.82) is 0 Å². The summed E-state index contributed by atoms with van der Waals surface area (Å²) in [5, 5.41) is 4.23. The Morgan fingerprint density at radius 2 is 2.04 bits per heavy atom. The van der Waals surface area contributed by atoms with Gasteiger partial charge in [0.15, 0.2) is 0 Å². The summed E-state index contributed by atoms with van der Waals surface area (Å²) in [4.78, 5) is 21.2. The molecule has 24 heavy (non-hydrogen) atoms. The van der Waals surface area contributed by atoms with Gasteiger partial charge in [-0.1, -0.05) is 6.07 Å². The lowest BCUT2D eigenvalue weighted by atomic mass is 10.2. The number of carbonyl (C=O) groups is 1. The number of para-hydroxylation sites is 1. The van der Waals surface area contributed by atoms with Gasteiger partial charge in [0.25, 0.3) is 0 Å². The summed E-state index contributed by atoms with van der Waals surface area (Å²) in [6.45, 7) is 7.27. The maximum Gasteiger partial charge on any atom is 0.435 e. The Labute approximate surface area is 148 Å². The number of aryl methyl sites for hydroxylation is 1. The van der Waals surface area contributed by atoms with E-state index in [9.17, 15) is 4.79 Å². The molecule has 6 nitrogen and oxygen atoms in total. The lowest BCUT2D eigenvalue weighted by Gasteiger charge is -2.18. The number of hydrogen-bond acceptors (Lipinski definition) is 5. The molecule has 0 bridgehead atoms. The Balaban J connectivity index is 2.00. The van der Waals surface area contributed by atoms with Crippen molar-refractivity contribution in [3.05, 3.63) is 40.8 Å². The highest BCUT2D eigenvalue weighted by Gasteiger charge is 2.20. The number of hydrogen-bond donors (Lipinski definition) is 0. The van der Waals surface area contributed by atoms with Crippen LogP contribution in [0.1, 0.15) is 26.5 Å². The zero-order chi connectivity index (χ0) is 17.5. The monoisotopic (exact) mass is 388 g/mol. The first-order chi connectivity index (χ1) is 11.2. The van der Waals surface area contributed by atoms with E-state index in [4.69, 9.17) is 4.74 Å². The van der Waals surface area contributed by atoms with Crippen molar-refractivity contribution in [3.8, 4) is 11.3 Å². The molecule has 3 aromatic rings. The third-order valence-corrected chi connectivity index (χ3v) is 3.92. The second kappa shape index (κ2) is 5.98. The van der Waals surface area contributed by atoms with Crippen molar-refractivity contribution in [2.45, 2.75) is 33.3 Å². The summed E-state index contributed by atoms with van der Waals surface area (Å²) < 4.78 is 7.42. The third-order valence-electron chi connectivity index (χ3n) is 3.28. The van der Waals surface area contributed by atoms with E-state index in [0.29, 0.717) is 11.4 Å². The summed E-state index contributed by atoms with van der Waals surface area (Å²) in [7, 11) is 0. The number of fused-ring (bicyclic) bond motifs is 1. The van der Waals surface area contributed by atoms with Gasteiger partial charge >= 0.3 is 6.09 Å². The van der Waals surface area contributed by atoms with Crippen LogP contribution >= 0.6 is 15.9 Å². The van der Waals surface area contributed by atoms with E-state index in [1.165, 1.54) is 4.68 Å². The molecule has 1 aromatic carbocycles. The molecule has 7 heteroatoms. The Morgan fingerprint density at radius 1 is 1.29 bits per heavy atom. The molecule has 2 aromatic heterocycles. The van der Waals surface area contributed by atoms with E-state index in [0.717, 1.165) is 21.1 Å². The molecular weight excluding hydrogens is 372 g/mol. The van der Waals surface area contributed by atoms with Gasteiger partial charge in [0.2, 0.25) is 0 Å². The molecule has 0 amide bonds. The van der Waals surface area contributed by atoms with Crippen LogP contribution in [0.15, 0.2) is 35.1 Å². The van der Waals surface area contributed by atoms with E-state index >= 15 is 0 Å². The molecule has 0 atom stereocenters. The van der Waals surface area contributed by atoms with E-state index in [-0.39, 0.29) is 0 Å². The standard InChI is InChI=1S/C17H17BrN4O2/c1-10-11(9-22(21-10)16(23)24-17(2,3)4)14-8-19-15-12(18)6-5-7-13(15)20-14/h5-9H,1-4H3. The van der Waals surface area contributed by atoms with Crippen molar-refractivity contribution in [3.63, 3.8) is 0 Å². The van der Waals surface area contributed by atoms with Crippen LogP contribution in [0.25, 0.3) is 22.3 Å². The molecule has 0 saturated carbocycles. The minimum atomic E-state index is -0.577. The summed E-state index contributed by atoms with van der Waals surface area (Å²) in [5.74, 6) is 0. The van der Waals surface area contributed by atoms with Crippen LogP contribution in [0, 0.1) is 6.92 Å². The second-order valence-electron chi connectivity index (χ2n) is 6.42. The van der Waals surface area contributed by atoms with Crippen LogP contribution in [-0.4, -0.2) is 31.4 Å². The van der Waals surface area contributed by atoms with Crippen LogP contribution in [0.2, 0.25) is 0 Å². The molecule has 124 valence electrons.